The van der Waals surface area contributed by atoms with Gasteiger partial charge >= 0.3 is 0 Å². The topological polar surface area (TPSA) is 33.2 Å². The number of carbonyl (C=O) groups excluding carboxylic acids is 1. The lowest BCUT2D eigenvalue weighted by molar-refractivity contribution is -0.128. The molecule has 0 bridgehead atoms. The molecule has 0 radical (unpaired) electrons. The summed E-state index contributed by atoms with van der Waals surface area (Å²) in [5.41, 5.74) is 1.77. The molecule has 3 nitrogen and oxygen atoms in total. The fraction of sp³-hybridized carbons (Fsp3) is 0.500. The predicted octanol–water partition coefficient (Wildman–Crippen LogP) is 1.22. The van der Waals surface area contributed by atoms with Gasteiger partial charge in [-0.15, -0.1) is 23.1 Å². The molecule has 1 aromatic rings. The van der Waals surface area contributed by atoms with Crippen LogP contribution in [0.3, 0.4) is 0 Å². The van der Waals surface area contributed by atoms with Gasteiger partial charge in [0.1, 0.15) is 0 Å². The number of hydrogen-bond donors (Lipinski definition) is 0. The summed E-state index contributed by atoms with van der Waals surface area (Å²) >= 11 is 3.36. The van der Waals surface area contributed by atoms with Gasteiger partial charge < -0.3 is 4.90 Å². The van der Waals surface area contributed by atoms with Crippen LogP contribution in [0, 0.1) is 0 Å². The minimum Gasteiger partial charge on any atom is -0.332 e. The Balaban J connectivity index is 1.91. The van der Waals surface area contributed by atoms with Gasteiger partial charge in [0.25, 0.3) is 0 Å². The van der Waals surface area contributed by atoms with Gasteiger partial charge in [0.05, 0.1) is 17.8 Å². The van der Waals surface area contributed by atoms with E-state index in [0.717, 1.165) is 23.1 Å². The van der Waals surface area contributed by atoms with E-state index in [4.69, 9.17) is 0 Å². The van der Waals surface area contributed by atoms with Crippen LogP contribution < -0.4 is 0 Å². The first-order valence-electron chi connectivity index (χ1n) is 4.09. The first-order chi connectivity index (χ1) is 6.36. The second kappa shape index (κ2) is 4.11. The molecule has 1 aliphatic rings. The summed E-state index contributed by atoms with van der Waals surface area (Å²) < 4.78 is 0. The van der Waals surface area contributed by atoms with E-state index < -0.39 is 0 Å². The molecule has 70 valence electrons. The van der Waals surface area contributed by atoms with Crippen LogP contribution in [0.4, 0.5) is 0 Å². The van der Waals surface area contributed by atoms with Crippen LogP contribution in [-0.2, 0) is 11.2 Å². The normalized spacial score (nSPS) is 16.5. The molecule has 5 heteroatoms. The smallest absolute Gasteiger partial charge is 0.228 e. The second-order valence-corrected chi connectivity index (χ2v) is 4.88. The maximum atomic E-state index is 11.6. The molecule has 0 unspecified atom stereocenters. The van der Waals surface area contributed by atoms with Gasteiger partial charge in [-0.2, -0.15) is 0 Å². The van der Waals surface area contributed by atoms with Gasteiger partial charge in [0.15, 0.2) is 0 Å². The molecule has 0 atom stereocenters. The van der Waals surface area contributed by atoms with Crippen LogP contribution in [0.2, 0.25) is 0 Å². The Kier molecular flexibility index (Phi) is 2.85. The minimum atomic E-state index is 0.231. The van der Waals surface area contributed by atoms with Gasteiger partial charge in [-0.3, -0.25) is 9.78 Å². The van der Waals surface area contributed by atoms with Crippen LogP contribution in [0.25, 0.3) is 0 Å². The number of hydrogen-bond acceptors (Lipinski definition) is 4. The van der Waals surface area contributed by atoms with Crippen molar-refractivity contribution in [2.75, 3.05) is 18.2 Å². The molecule has 2 rings (SSSR count). The third-order valence-corrected chi connectivity index (χ3v) is 3.66. The standard InChI is InChI=1S/C8H10N2OS2/c11-8(10-1-2-12-6-10)3-7-4-9-5-13-7/h4-5H,1-3,6H2. The fourth-order valence-corrected chi connectivity index (χ4v) is 2.76. The van der Waals surface area contributed by atoms with E-state index in [9.17, 15) is 4.79 Å². The average Bonchev–Trinajstić information content (AvgIpc) is 2.74. The van der Waals surface area contributed by atoms with E-state index in [2.05, 4.69) is 4.98 Å². The van der Waals surface area contributed by atoms with Crippen molar-refractivity contribution in [3.05, 3.63) is 16.6 Å². The quantitative estimate of drug-likeness (QED) is 0.742. The number of aromatic nitrogens is 1. The van der Waals surface area contributed by atoms with Crippen LogP contribution in [0.5, 0.6) is 0 Å². The average molecular weight is 214 g/mol. The van der Waals surface area contributed by atoms with Crippen LogP contribution in [-0.4, -0.2) is 34.0 Å². The predicted molar refractivity (Wildman–Crippen MR) is 54.9 cm³/mol. The molecule has 0 saturated carbocycles. The Morgan fingerprint density at radius 1 is 1.69 bits per heavy atom. The Labute approximate surface area is 85.2 Å². The molecule has 0 spiro atoms. The lowest BCUT2D eigenvalue weighted by Crippen LogP contribution is -2.28. The maximum absolute atomic E-state index is 11.6. The first-order valence-corrected chi connectivity index (χ1v) is 6.12. The van der Waals surface area contributed by atoms with Crippen molar-refractivity contribution in [2.45, 2.75) is 6.42 Å². The lowest BCUT2D eigenvalue weighted by atomic mass is 10.3. The molecule has 1 saturated heterocycles. The van der Waals surface area contributed by atoms with E-state index in [1.54, 1.807) is 23.0 Å². The Morgan fingerprint density at radius 3 is 3.23 bits per heavy atom. The summed E-state index contributed by atoms with van der Waals surface area (Å²) in [5, 5.41) is 0. The molecule has 1 aliphatic heterocycles. The largest absolute Gasteiger partial charge is 0.332 e. The van der Waals surface area contributed by atoms with E-state index in [0.29, 0.717) is 6.42 Å². The minimum absolute atomic E-state index is 0.231. The Morgan fingerprint density at radius 2 is 2.62 bits per heavy atom. The summed E-state index contributed by atoms with van der Waals surface area (Å²) in [4.78, 5) is 18.5. The highest BCUT2D eigenvalue weighted by atomic mass is 32.2. The molecule has 0 aromatic carbocycles. The van der Waals surface area contributed by atoms with Crippen LogP contribution in [0.1, 0.15) is 4.88 Å². The molecular formula is C8H10N2OS2. The Hall–Kier alpha value is -0.550. The second-order valence-electron chi connectivity index (χ2n) is 2.84. The van der Waals surface area contributed by atoms with Crippen LogP contribution >= 0.6 is 23.1 Å². The highest BCUT2D eigenvalue weighted by Gasteiger charge is 2.18. The highest BCUT2D eigenvalue weighted by molar-refractivity contribution is 7.99. The number of thiazole rings is 1. The third kappa shape index (κ3) is 2.22. The van der Waals surface area contributed by atoms with E-state index in [1.165, 1.54) is 0 Å². The number of rotatable bonds is 2. The van der Waals surface area contributed by atoms with Gasteiger partial charge in [-0.05, 0) is 0 Å². The van der Waals surface area contributed by atoms with Crippen LogP contribution in [0.15, 0.2) is 11.7 Å². The monoisotopic (exact) mass is 214 g/mol. The van der Waals surface area contributed by atoms with Gasteiger partial charge in [-0.25, -0.2) is 0 Å². The van der Waals surface area contributed by atoms with Crippen molar-refractivity contribution in [3.8, 4) is 0 Å². The molecule has 0 N–H and O–H groups in total. The van der Waals surface area contributed by atoms with E-state index >= 15 is 0 Å². The fourth-order valence-electron chi connectivity index (χ4n) is 1.20. The summed E-state index contributed by atoms with van der Waals surface area (Å²) in [6, 6.07) is 0. The molecule has 1 amide bonds. The summed E-state index contributed by atoms with van der Waals surface area (Å²) in [6.07, 6.45) is 2.29. The molecule has 1 aromatic heterocycles. The molecule has 0 aliphatic carbocycles. The third-order valence-electron chi connectivity index (χ3n) is 1.91. The zero-order valence-electron chi connectivity index (χ0n) is 7.10. The summed E-state index contributed by atoms with van der Waals surface area (Å²) in [5.74, 6) is 2.17. The number of amides is 1. The van der Waals surface area contributed by atoms with Gasteiger partial charge in [-0.1, -0.05) is 0 Å². The lowest BCUT2D eigenvalue weighted by Gasteiger charge is -2.12. The van der Waals surface area contributed by atoms with Crippen molar-refractivity contribution in [2.24, 2.45) is 0 Å². The van der Waals surface area contributed by atoms with E-state index in [1.807, 2.05) is 16.7 Å². The number of nitrogens with zero attached hydrogens (tertiary/aromatic N) is 2. The van der Waals surface area contributed by atoms with Gasteiger partial charge in [0, 0.05) is 23.4 Å². The molecule has 13 heavy (non-hydrogen) atoms. The zero-order valence-corrected chi connectivity index (χ0v) is 8.74. The number of thioether (sulfide) groups is 1. The summed E-state index contributed by atoms with van der Waals surface area (Å²) in [7, 11) is 0. The molecule has 2 heterocycles. The van der Waals surface area contributed by atoms with Crippen molar-refractivity contribution in [1.29, 1.82) is 0 Å². The molecular weight excluding hydrogens is 204 g/mol. The van der Waals surface area contributed by atoms with Crippen molar-refractivity contribution < 1.29 is 4.79 Å². The first kappa shape index (κ1) is 9.02. The Bertz CT molecular complexity index is 280. The highest BCUT2D eigenvalue weighted by Crippen LogP contribution is 2.15. The zero-order chi connectivity index (χ0) is 9.10. The number of carbonyl (C=O) groups is 1. The van der Waals surface area contributed by atoms with Crippen molar-refractivity contribution in [3.63, 3.8) is 0 Å². The van der Waals surface area contributed by atoms with Gasteiger partial charge in [0.2, 0.25) is 5.91 Å². The van der Waals surface area contributed by atoms with Crippen molar-refractivity contribution in [1.82, 2.24) is 9.88 Å². The maximum Gasteiger partial charge on any atom is 0.228 e. The van der Waals surface area contributed by atoms with Crippen molar-refractivity contribution >= 4 is 29.0 Å². The molecule has 1 fully saturated rings. The summed E-state index contributed by atoms with van der Waals surface area (Å²) in [6.45, 7) is 0.905. The SMILES string of the molecule is O=C(Cc1cncs1)N1CCSC1. The van der Waals surface area contributed by atoms with E-state index in [-0.39, 0.29) is 5.91 Å².